The monoisotopic (exact) mass is 337 g/mol. The molecule has 1 atom stereocenters. The fraction of sp³-hybridized carbons (Fsp3) is 0.529. The third-order valence-corrected chi connectivity index (χ3v) is 5.01. The highest BCUT2D eigenvalue weighted by Gasteiger charge is 2.57. The van der Waals surface area contributed by atoms with Gasteiger partial charge in [-0.3, -0.25) is 9.59 Å². The molecule has 1 aromatic rings. The van der Waals surface area contributed by atoms with Crippen LogP contribution in [0.4, 0.5) is 5.69 Å². The van der Waals surface area contributed by atoms with Crippen molar-refractivity contribution in [2.45, 2.75) is 26.2 Å². The fourth-order valence-corrected chi connectivity index (χ4v) is 3.51. The molecule has 6 heteroatoms. The van der Waals surface area contributed by atoms with Gasteiger partial charge in [-0.25, -0.2) is 0 Å². The summed E-state index contributed by atoms with van der Waals surface area (Å²) >= 11 is 0. The Balaban J connectivity index is 0.00000192. The van der Waals surface area contributed by atoms with Crippen molar-refractivity contribution in [2.24, 2.45) is 11.3 Å². The molecule has 1 aliphatic heterocycles. The van der Waals surface area contributed by atoms with E-state index in [2.05, 4.69) is 16.0 Å². The second-order valence-corrected chi connectivity index (χ2v) is 6.49. The van der Waals surface area contributed by atoms with Gasteiger partial charge in [0.25, 0.3) is 5.91 Å². The summed E-state index contributed by atoms with van der Waals surface area (Å²) in [5.41, 5.74) is 2.33. The molecule has 5 nitrogen and oxygen atoms in total. The predicted molar refractivity (Wildman–Crippen MR) is 93.1 cm³/mol. The van der Waals surface area contributed by atoms with Crippen molar-refractivity contribution in [3.63, 3.8) is 0 Å². The maximum absolute atomic E-state index is 12.5. The van der Waals surface area contributed by atoms with Crippen molar-refractivity contribution >= 4 is 29.9 Å². The highest BCUT2D eigenvalue weighted by atomic mass is 35.5. The van der Waals surface area contributed by atoms with Gasteiger partial charge in [0.15, 0.2) is 0 Å². The molecule has 1 aliphatic carbocycles. The van der Waals surface area contributed by atoms with Crippen molar-refractivity contribution in [3.05, 3.63) is 29.3 Å². The molecule has 1 unspecified atom stereocenters. The molecule has 3 rings (SSSR count). The molecule has 1 saturated heterocycles. The number of aryl methyl sites for hydroxylation is 1. The van der Waals surface area contributed by atoms with Crippen LogP contribution in [0.15, 0.2) is 18.2 Å². The zero-order chi connectivity index (χ0) is 15.7. The number of carbonyl (C=O) groups excluding carboxylic acids is 2. The molecule has 1 saturated carbocycles. The van der Waals surface area contributed by atoms with E-state index < -0.39 is 0 Å². The second kappa shape index (κ2) is 6.89. The van der Waals surface area contributed by atoms with E-state index in [9.17, 15) is 9.59 Å². The first-order valence-electron chi connectivity index (χ1n) is 7.90. The number of nitrogens with one attached hydrogen (secondary N) is 3. The average Bonchev–Trinajstić information content (AvgIpc) is 3.22. The molecule has 0 bridgehead atoms. The topological polar surface area (TPSA) is 70.2 Å². The van der Waals surface area contributed by atoms with Crippen LogP contribution in [0.2, 0.25) is 0 Å². The van der Waals surface area contributed by atoms with Crippen molar-refractivity contribution < 1.29 is 9.59 Å². The van der Waals surface area contributed by atoms with Gasteiger partial charge < -0.3 is 16.0 Å². The molecule has 2 amide bonds. The van der Waals surface area contributed by atoms with Gasteiger partial charge in [0, 0.05) is 13.0 Å². The fourth-order valence-electron chi connectivity index (χ4n) is 3.51. The van der Waals surface area contributed by atoms with Crippen LogP contribution in [-0.4, -0.2) is 32.0 Å². The molecule has 1 heterocycles. The summed E-state index contributed by atoms with van der Waals surface area (Å²) in [6.07, 6.45) is 3.12. The molecule has 1 spiro atoms. The first kappa shape index (κ1) is 17.8. The number of benzene rings is 1. The molecular formula is C17H24ClN3O2. The van der Waals surface area contributed by atoms with Gasteiger partial charge in [0.05, 0.1) is 11.3 Å². The summed E-state index contributed by atoms with van der Waals surface area (Å²) in [6.45, 7) is 3.93. The van der Waals surface area contributed by atoms with E-state index in [1.54, 1.807) is 7.05 Å². The Bertz CT molecular complexity index is 612. The van der Waals surface area contributed by atoms with Gasteiger partial charge in [-0.05, 0) is 56.8 Å². The Labute approximate surface area is 143 Å². The largest absolute Gasteiger partial charge is 0.355 e. The van der Waals surface area contributed by atoms with E-state index in [-0.39, 0.29) is 35.6 Å². The lowest BCUT2D eigenvalue weighted by Gasteiger charge is -2.23. The number of halogens is 1. The summed E-state index contributed by atoms with van der Waals surface area (Å²) in [5.74, 6) is -0.0317. The minimum Gasteiger partial charge on any atom is -0.355 e. The van der Waals surface area contributed by atoms with Gasteiger partial charge in [-0.15, -0.1) is 12.4 Å². The van der Waals surface area contributed by atoms with Crippen LogP contribution < -0.4 is 16.0 Å². The van der Waals surface area contributed by atoms with Crippen molar-refractivity contribution in [2.75, 3.05) is 25.5 Å². The number of amides is 2. The number of hydrogen-bond donors (Lipinski definition) is 3. The smallest absolute Gasteiger partial charge is 0.253 e. The number of anilines is 1. The first-order valence-corrected chi connectivity index (χ1v) is 7.90. The molecule has 0 radical (unpaired) electrons. The predicted octanol–water partition coefficient (Wildman–Crippen LogP) is 2.10. The minimum absolute atomic E-state index is 0. The lowest BCUT2D eigenvalue weighted by atomic mass is 9.91. The van der Waals surface area contributed by atoms with Crippen LogP contribution in [0.5, 0.6) is 0 Å². The minimum atomic E-state index is -0.175. The SMILES string of the molecule is CNC(=O)c1cc(C)ccc1NC(=O)C1CC12CCNCC2.Cl. The number of rotatable bonds is 3. The van der Waals surface area contributed by atoms with Gasteiger partial charge in [0.2, 0.25) is 5.91 Å². The normalized spacial score (nSPS) is 21.2. The first-order chi connectivity index (χ1) is 10.6. The van der Waals surface area contributed by atoms with E-state index in [1.807, 2.05) is 25.1 Å². The standard InChI is InChI=1S/C17H23N3O2.ClH/c1-11-3-4-14(12(9-11)15(21)18-2)20-16(22)13-10-17(13)5-7-19-8-6-17;/h3-4,9,13,19H,5-8,10H2,1-2H3,(H,18,21)(H,20,22);1H. The van der Waals surface area contributed by atoms with E-state index in [0.29, 0.717) is 11.3 Å². The number of hydrogen-bond acceptors (Lipinski definition) is 3. The van der Waals surface area contributed by atoms with Gasteiger partial charge in [-0.1, -0.05) is 11.6 Å². The maximum atomic E-state index is 12.5. The van der Waals surface area contributed by atoms with Crippen molar-refractivity contribution in [3.8, 4) is 0 Å². The summed E-state index contributed by atoms with van der Waals surface area (Å²) < 4.78 is 0. The molecule has 3 N–H and O–H groups in total. The van der Waals surface area contributed by atoms with E-state index in [1.165, 1.54) is 0 Å². The third-order valence-electron chi connectivity index (χ3n) is 5.01. The van der Waals surface area contributed by atoms with Gasteiger partial charge in [-0.2, -0.15) is 0 Å². The Morgan fingerprint density at radius 3 is 2.61 bits per heavy atom. The van der Waals surface area contributed by atoms with Crippen LogP contribution in [0.25, 0.3) is 0 Å². The van der Waals surface area contributed by atoms with Crippen LogP contribution in [0.3, 0.4) is 0 Å². The van der Waals surface area contributed by atoms with E-state index in [4.69, 9.17) is 0 Å². The summed E-state index contributed by atoms with van der Waals surface area (Å²) in [6, 6.07) is 5.53. The quantitative estimate of drug-likeness (QED) is 0.791. The number of piperidine rings is 1. The van der Waals surface area contributed by atoms with Crippen LogP contribution in [0.1, 0.15) is 35.2 Å². The Kier molecular flexibility index (Phi) is 5.32. The molecule has 1 aromatic carbocycles. The Morgan fingerprint density at radius 2 is 1.96 bits per heavy atom. The van der Waals surface area contributed by atoms with Crippen LogP contribution in [0, 0.1) is 18.3 Å². The van der Waals surface area contributed by atoms with Gasteiger partial charge >= 0.3 is 0 Å². The number of carbonyl (C=O) groups is 2. The van der Waals surface area contributed by atoms with Crippen LogP contribution in [-0.2, 0) is 4.79 Å². The molecule has 126 valence electrons. The maximum Gasteiger partial charge on any atom is 0.253 e. The lowest BCUT2D eigenvalue weighted by Crippen LogP contribution is -2.32. The molecule has 2 aliphatic rings. The van der Waals surface area contributed by atoms with Gasteiger partial charge in [0.1, 0.15) is 0 Å². The van der Waals surface area contributed by atoms with Crippen molar-refractivity contribution in [1.82, 2.24) is 10.6 Å². The second-order valence-electron chi connectivity index (χ2n) is 6.49. The highest BCUT2D eigenvalue weighted by molar-refractivity contribution is 6.04. The summed E-state index contributed by atoms with van der Waals surface area (Å²) in [4.78, 5) is 24.5. The molecule has 23 heavy (non-hydrogen) atoms. The molecule has 2 fully saturated rings. The van der Waals surface area contributed by atoms with E-state index in [0.717, 1.165) is 37.9 Å². The Morgan fingerprint density at radius 1 is 1.26 bits per heavy atom. The third kappa shape index (κ3) is 3.51. The van der Waals surface area contributed by atoms with E-state index >= 15 is 0 Å². The Hall–Kier alpha value is -1.59. The zero-order valence-electron chi connectivity index (χ0n) is 13.6. The summed E-state index contributed by atoms with van der Waals surface area (Å²) in [7, 11) is 1.60. The zero-order valence-corrected chi connectivity index (χ0v) is 14.4. The molecular weight excluding hydrogens is 314 g/mol. The highest BCUT2D eigenvalue weighted by Crippen LogP contribution is 2.58. The lowest BCUT2D eigenvalue weighted by molar-refractivity contribution is -0.118. The average molecular weight is 338 g/mol. The molecule has 0 aromatic heterocycles. The van der Waals surface area contributed by atoms with Crippen LogP contribution >= 0.6 is 12.4 Å². The van der Waals surface area contributed by atoms with Crippen molar-refractivity contribution in [1.29, 1.82) is 0 Å². The summed E-state index contributed by atoms with van der Waals surface area (Å²) in [5, 5.41) is 8.93.